The van der Waals surface area contributed by atoms with Gasteiger partial charge in [-0.2, -0.15) is 0 Å². The van der Waals surface area contributed by atoms with Crippen molar-refractivity contribution in [2.75, 3.05) is 19.6 Å². The number of carboxylic acids is 1. The molecule has 0 aliphatic heterocycles. The summed E-state index contributed by atoms with van der Waals surface area (Å²) < 4.78 is 1.80. The van der Waals surface area contributed by atoms with Crippen LogP contribution in [0.15, 0.2) is 18.7 Å². The number of amides is 1. The summed E-state index contributed by atoms with van der Waals surface area (Å²) in [6.07, 6.45) is 5.03. The summed E-state index contributed by atoms with van der Waals surface area (Å²) in [6.45, 7) is 0.755. The van der Waals surface area contributed by atoms with Crippen LogP contribution in [0.4, 0.5) is 0 Å². The number of imidazole rings is 1. The van der Waals surface area contributed by atoms with E-state index in [1.165, 1.54) is 4.90 Å². The molecule has 16 heavy (non-hydrogen) atoms. The van der Waals surface area contributed by atoms with Crippen molar-refractivity contribution in [1.29, 1.82) is 0 Å². The van der Waals surface area contributed by atoms with Gasteiger partial charge in [0.1, 0.15) is 0 Å². The number of aromatic nitrogens is 2. The number of carboxylic acid groups (broad SMARTS) is 1. The number of carbonyl (C=O) groups is 2. The van der Waals surface area contributed by atoms with Gasteiger partial charge in [0.05, 0.1) is 19.4 Å². The van der Waals surface area contributed by atoms with Crippen LogP contribution >= 0.6 is 0 Å². The summed E-state index contributed by atoms with van der Waals surface area (Å²) in [4.78, 5) is 26.6. The van der Waals surface area contributed by atoms with Gasteiger partial charge in [0.2, 0.25) is 5.91 Å². The fourth-order valence-corrected chi connectivity index (χ4v) is 1.30. The Morgan fingerprint density at radius 2 is 2.19 bits per heavy atom. The Hall–Kier alpha value is -1.89. The fraction of sp³-hybridized carbons (Fsp3) is 0.444. The molecule has 1 heterocycles. The quantitative estimate of drug-likeness (QED) is 0.605. The van der Waals surface area contributed by atoms with Gasteiger partial charge in [-0.25, -0.2) is 4.98 Å². The molecule has 0 atom stereocenters. The lowest BCUT2D eigenvalue weighted by molar-refractivity contribution is -0.138. The number of hydrogen-bond acceptors (Lipinski definition) is 4. The van der Waals surface area contributed by atoms with E-state index in [4.69, 9.17) is 10.8 Å². The lowest BCUT2D eigenvalue weighted by Gasteiger charge is -2.18. The van der Waals surface area contributed by atoms with Crippen LogP contribution in [0.2, 0.25) is 0 Å². The second-order valence-electron chi connectivity index (χ2n) is 3.37. The number of carbonyl (C=O) groups excluding carboxylic acids is 1. The van der Waals surface area contributed by atoms with Crippen molar-refractivity contribution in [3.63, 3.8) is 0 Å². The molecule has 1 amide bonds. The maximum Gasteiger partial charge on any atom is 0.317 e. The third-order valence-electron chi connectivity index (χ3n) is 1.97. The fourth-order valence-electron chi connectivity index (χ4n) is 1.30. The Morgan fingerprint density at radius 3 is 2.69 bits per heavy atom. The van der Waals surface area contributed by atoms with Gasteiger partial charge in [0.25, 0.3) is 0 Å². The highest BCUT2D eigenvalue weighted by molar-refractivity contribution is 5.77. The summed E-state index contributed by atoms with van der Waals surface area (Å²) in [5.41, 5.74) is 5.03. The van der Waals surface area contributed by atoms with E-state index in [9.17, 15) is 9.59 Å². The van der Waals surface area contributed by atoms with E-state index in [1.807, 2.05) is 0 Å². The Labute approximate surface area is 92.5 Å². The maximum absolute atomic E-state index is 10.7. The molecular formula is C9H14N4O3. The summed E-state index contributed by atoms with van der Waals surface area (Å²) in [5.74, 6) is -1.52. The highest BCUT2D eigenvalue weighted by atomic mass is 16.4. The third-order valence-corrected chi connectivity index (χ3v) is 1.97. The van der Waals surface area contributed by atoms with Crippen LogP contribution in [0.25, 0.3) is 0 Å². The first-order chi connectivity index (χ1) is 7.58. The molecular weight excluding hydrogens is 212 g/mol. The molecule has 0 aliphatic rings. The zero-order valence-corrected chi connectivity index (χ0v) is 8.74. The molecule has 0 saturated carbocycles. The Bertz CT molecular complexity index is 334. The van der Waals surface area contributed by atoms with Gasteiger partial charge >= 0.3 is 5.97 Å². The average molecular weight is 226 g/mol. The van der Waals surface area contributed by atoms with Gasteiger partial charge in [0, 0.05) is 25.5 Å². The molecule has 1 aromatic heterocycles. The van der Waals surface area contributed by atoms with Crippen LogP contribution in [0.3, 0.4) is 0 Å². The van der Waals surface area contributed by atoms with Crippen molar-refractivity contribution >= 4 is 11.9 Å². The number of rotatable bonds is 7. The molecule has 0 aromatic carbocycles. The number of primary amides is 1. The van der Waals surface area contributed by atoms with Crippen LogP contribution in [0, 0.1) is 0 Å². The predicted molar refractivity (Wildman–Crippen MR) is 55.5 cm³/mol. The van der Waals surface area contributed by atoms with Crippen molar-refractivity contribution in [2.45, 2.75) is 6.54 Å². The topological polar surface area (TPSA) is 101 Å². The zero-order chi connectivity index (χ0) is 12.0. The molecule has 0 spiro atoms. The molecule has 0 aliphatic carbocycles. The number of nitrogens with zero attached hydrogens (tertiary/aromatic N) is 3. The third kappa shape index (κ3) is 4.56. The number of aliphatic carboxylic acids is 1. The van der Waals surface area contributed by atoms with Crippen LogP contribution in [-0.4, -0.2) is 51.1 Å². The van der Waals surface area contributed by atoms with Crippen molar-refractivity contribution in [3.8, 4) is 0 Å². The normalized spacial score (nSPS) is 10.6. The number of hydrogen-bond donors (Lipinski definition) is 2. The van der Waals surface area contributed by atoms with Crippen molar-refractivity contribution in [3.05, 3.63) is 18.7 Å². The molecule has 1 aromatic rings. The highest BCUT2D eigenvalue weighted by Gasteiger charge is 2.11. The molecule has 0 unspecified atom stereocenters. The maximum atomic E-state index is 10.7. The van der Waals surface area contributed by atoms with E-state index in [0.29, 0.717) is 13.1 Å². The minimum absolute atomic E-state index is 0.0546. The Kier molecular flexibility index (Phi) is 4.46. The first-order valence-electron chi connectivity index (χ1n) is 4.76. The van der Waals surface area contributed by atoms with Crippen molar-refractivity contribution < 1.29 is 14.7 Å². The van der Waals surface area contributed by atoms with E-state index in [1.54, 1.807) is 23.3 Å². The molecule has 7 nitrogen and oxygen atoms in total. The van der Waals surface area contributed by atoms with E-state index in [0.717, 1.165) is 0 Å². The minimum Gasteiger partial charge on any atom is -0.480 e. The monoisotopic (exact) mass is 226 g/mol. The molecule has 1 rings (SSSR count). The van der Waals surface area contributed by atoms with E-state index >= 15 is 0 Å². The van der Waals surface area contributed by atoms with Crippen LogP contribution < -0.4 is 5.73 Å². The molecule has 7 heteroatoms. The van der Waals surface area contributed by atoms with Crippen molar-refractivity contribution in [2.24, 2.45) is 5.73 Å². The highest BCUT2D eigenvalue weighted by Crippen LogP contribution is 1.92. The molecule has 88 valence electrons. The second-order valence-corrected chi connectivity index (χ2v) is 3.37. The smallest absolute Gasteiger partial charge is 0.317 e. The first kappa shape index (κ1) is 12.2. The van der Waals surface area contributed by atoms with Gasteiger partial charge in [0.15, 0.2) is 0 Å². The van der Waals surface area contributed by atoms with E-state index < -0.39 is 11.9 Å². The second kappa shape index (κ2) is 5.86. The first-order valence-corrected chi connectivity index (χ1v) is 4.76. The minimum atomic E-state index is -0.980. The van der Waals surface area contributed by atoms with Gasteiger partial charge in [-0.1, -0.05) is 0 Å². The summed E-state index contributed by atoms with van der Waals surface area (Å²) >= 11 is 0. The number of nitrogens with two attached hydrogens (primary N) is 1. The largest absolute Gasteiger partial charge is 0.480 e. The average Bonchev–Trinajstić information content (AvgIpc) is 2.64. The van der Waals surface area contributed by atoms with Gasteiger partial charge in [-0.3, -0.25) is 14.5 Å². The van der Waals surface area contributed by atoms with Gasteiger partial charge < -0.3 is 15.4 Å². The summed E-state index contributed by atoms with van der Waals surface area (Å²) in [7, 11) is 0. The standard InChI is InChI=1S/C9H14N4O3/c10-8(14)5-13(6-9(15)16)4-3-12-2-1-11-7-12/h1-2,7H,3-6H2,(H2,10,14)(H,15,16). The molecule has 3 N–H and O–H groups in total. The Morgan fingerprint density at radius 1 is 1.44 bits per heavy atom. The van der Waals surface area contributed by atoms with Crippen molar-refractivity contribution in [1.82, 2.24) is 14.5 Å². The molecule has 0 saturated heterocycles. The molecule has 0 fully saturated rings. The predicted octanol–water partition coefficient (Wildman–Crippen LogP) is -1.24. The molecule has 0 radical (unpaired) electrons. The SMILES string of the molecule is NC(=O)CN(CCn1ccnc1)CC(=O)O. The van der Waals surface area contributed by atoms with Crippen LogP contribution in [-0.2, 0) is 16.1 Å². The lowest BCUT2D eigenvalue weighted by Crippen LogP contribution is -2.39. The van der Waals surface area contributed by atoms with Crippen LogP contribution in [0.1, 0.15) is 0 Å². The lowest BCUT2D eigenvalue weighted by atomic mass is 10.4. The molecule has 0 bridgehead atoms. The van der Waals surface area contributed by atoms with E-state index in [-0.39, 0.29) is 13.1 Å². The summed E-state index contributed by atoms with van der Waals surface area (Å²) in [5, 5.41) is 8.64. The van der Waals surface area contributed by atoms with Crippen LogP contribution in [0.5, 0.6) is 0 Å². The Balaban J connectivity index is 2.43. The van der Waals surface area contributed by atoms with Gasteiger partial charge in [-0.15, -0.1) is 0 Å². The van der Waals surface area contributed by atoms with E-state index in [2.05, 4.69) is 4.98 Å². The zero-order valence-electron chi connectivity index (χ0n) is 8.74. The summed E-state index contributed by atoms with van der Waals surface area (Å²) in [6, 6.07) is 0. The van der Waals surface area contributed by atoms with Gasteiger partial charge in [-0.05, 0) is 0 Å².